The van der Waals surface area contributed by atoms with Crippen molar-refractivity contribution in [3.8, 4) is 0 Å². The van der Waals surface area contributed by atoms with Crippen molar-refractivity contribution in [1.29, 1.82) is 0 Å². The first kappa shape index (κ1) is 19.8. The normalized spacial score (nSPS) is 16.2. The van der Waals surface area contributed by atoms with Gasteiger partial charge in [-0.15, -0.1) is 0 Å². The summed E-state index contributed by atoms with van der Waals surface area (Å²) in [5, 5.41) is 0. The number of hydrogen-bond acceptors (Lipinski definition) is 3. The Bertz CT molecular complexity index is 1010. The zero-order valence-corrected chi connectivity index (χ0v) is 16.8. The maximum atomic E-state index is 14.1. The third-order valence-corrected chi connectivity index (χ3v) is 7.26. The second-order valence-corrected chi connectivity index (χ2v) is 9.00. The molecule has 0 amide bonds. The molecule has 150 valence electrons. The van der Waals surface area contributed by atoms with E-state index in [1.54, 1.807) is 6.07 Å². The average Bonchev–Trinajstić information content (AvgIpc) is 2.76. The molecule has 3 aromatic rings. The SMILES string of the molecule is O=S(=O)(c1ccccc1F)N1CCN(C(c2ccccc2)c2ccccc2)CC1. The molecule has 1 aliphatic rings. The molecule has 0 aromatic heterocycles. The molecule has 4 rings (SSSR count). The first-order valence-corrected chi connectivity index (χ1v) is 11.1. The van der Waals surface area contributed by atoms with E-state index in [9.17, 15) is 12.8 Å². The largest absolute Gasteiger partial charge is 0.290 e. The molecule has 1 aliphatic heterocycles. The van der Waals surface area contributed by atoms with Gasteiger partial charge in [0.2, 0.25) is 10.0 Å². The van der Waals surface area contributed by atoms with Gasteiger partial charge in [-0.25, -0.2) is 12.8 Å². The molecule has 29 heavy (non-hydrogen) atoms. The van der Waals surface area contributed by atoms with Gasteiger partial charge in [-0.05, 0) is 23.3 Å². The van der Waals surface area contributed by atoms with Crippen molar-refractivity contribution >= 4 is 10.0 Å². The Labute approximate surface area is 171 Å². The molecule has 0 N–H and O–H groups in total. The third kappa shape index (κ3) is 4.10. The minimum atomic E-state index is -3.84. The summed E-state index contributed by atoms with van der Waals surface area (Å²) >= 11 is 0. The highest BCUT2D eigenvalue weighted by atomic mass is 32.2. The Morgan fingerprint density at radius 3 is 1.69 bits per heavy atom. The molecule has 0 spiro atoms. The summed E-state index contributed by atoms with van der Waals surface area (Å²) in [5.74, 6) is -0.707. The molecule has 1 fully saturated rings. The number of nitrogens with zero attached hydrogens (tertiary/aromatic N) is 2. The molecule has 0 radical (unpaired) electrons. The van der Waals surface area contributed by atoms with Crippen LogP contribution in [0.1, 0.15) is 17.2 Å². The standard InChI is InChI=1S/C23H23FN2O2S/c24-21-13-7-8-14-22(21)29(27,28)26-17-15-25(16-18-26)23(19-9-3-1-4-10-19)20-11-5-2-6-12-20/h1-14,23H,15-18H2. The molecule has 1 heterocycles. The van der Waals surface area contributed by atoms with E-state index in [0.717, 1.165) is 0 Å². The van der Waals surface area contributed by atoms with E-state index in [0.29, 0.717) is 26.2 Å². The number of sulfonamides is 1. The summed E-state index contributed by atoms with van der Waals surface area (Å²) in [6, 6.07) is 26.1. The van der Waals surface area contributed by atoms with Crippen LogP contribution in [0.4, 0.5) is 4.39 Å². The van der Waals surface area contributed by atoms with Crippen LogP contribution in [-0.4, -0.2) is 43.8 Å². The van der Waals surface area contributed by atoms with Crippen molar-refractivity contribution in [2.45, 2.75) is 10.9 Å². The maximum absolute atomic E-state index is 14.1. The van der Waals surface area contributed by atoms with Crippen LogP contribution in [0.2, 0.25) is 0 Å². The van der Waals surface area contributed by atoms with Gasteiger partial charge in [0.05, 0.1) is 6.04 Å². The lowest BCUT2D eigenvalue weighted by Crippen LogP contribution is -2.49. The monoisotopic (exact) mass is 410 g/mol. The molecule has 1 saturated heterocycles. The van der Waals surface area contributed by atoms with E-state index in [2.05, 4.69) is 29.2 Å². The van der Waals surface area contributed by atoms with Gasteiger partial charge in [-0.3, -0.25) is 4.90 Å². The van der Waals surface area contributed by atoms with E-state index in [1.165, 1.54) is 33.6 Å². The number of hydrogen-bond donors (Lipinski definition) is 0. The smallest absolute Gasteiger partial charge is 0.246 e. The molecule has 0 atom stereocenters. The highest BCUT2D eigenvalue weighted by molar-refractivity contribution is 7.89. The second-order valence-electron chi connectivity index (χ2n) is 7.09. The fourth-order valence-corrected chi connectivity index (χ4v) is 5.37. The van der Waals surface area contributed by atoms with E-state index >= 15 is 0 Å². The Kier molecular flexibility index (Phi) is 5.76. The van der Waals surface area contributed by atoms with Crippen LogP contribution in [0.25, 0.3) is 0 Å². The van der Waals surface area contributed by atoms with Gasteiger partial charge < -0.3 is 0 Å². The molecular formula is C23H23FN2O2S. The van der Waals surface area contributed by atoms with E-state index < -0.39 is 15.8 Å². The average molecular weight is 411 g/mol. The minimum Gasteiger partial charge on any atom is -0.290 e. The summed E-state index contributed by atoms with van der Waals surface area (Å²) in [6.07, 6.45) is 0. The highest BCUT2D eigenvalue weighted by Crippen LogP contribution is 2.30. The summed E-state index contributed by atoms with van der Waals surface area (Å²) < 4.78 is 41.2. The van der Waals surface area contributed by atoms with Gasteiger partial charge in [0.1, 0.15) is 10.7 Å². The first-order valence-electron chi connectivity index (χ1n) is 9.66. The lowest BCUT2D eigenvalue weighted by molar-refractivity contribution is 0.155. The molecule has 3 aromatic carbocycles. The second kappa shape index (κ2) is 8.45. The zero-order valence-electron chi connectivity index (χ0n) is 16.0. The van der Waals surface area contributed by atoms with Gasteiger partial charge in [-0.2, -0.15) is 4.31 Å². The first-order chi connectivity index (χ1) is 14.1. The topological polar surface area (TPSA) is 40.6 Å². The van der Waals surface area contributed by atoms with Crippen molar-refractivity contribution in [2.24, 2.45) is 0 Å². The van der Waals surface area contributed by atoms with Crippen LogP contribution in [0.3, 0.4) is 0 Å². The van der Waals surface area contributed by atoms with Gasteiger partial charge >= 0.3 is 0 Å². The number of rotatable bonds is 5. The maximum Gasteiger partial charge on any atom is 0.246 e. The quantitative estimate of drug-likeness (QED) is 0.640. The predicted molar refractivity (Wildman–Crippen MR) is 111 cm³/mol. The third-order valence-electron chi connectivity index (χ3n) is 5.32. The fraction of sp³-hybridized carbons (Fsp3) is 0.217. The van der Waals surface area contributed by atoms with Crippen LogP contribution in [0, 0.1) is 5.82 Å². The highest BCUT2D eigenvalue weighted by Gasteiger charge is 2.33. The van der Waals surface area contributed by atoms with Gasteiger partial charge in [-0.1, -0.05) is 72.8 Å². The van der Waals surface area contributed by atoms with Crippen LogP contribution in [-0.2, 0) is 10.0 Å². The molecular weight excluding hydrogens is 387 g/mol. The van der Waals surface area contributed by atoms with Crippen molar-refractivity contribution in [3.63, 3.8) is 0 Å². The minimum absolute atomic E-state index is 0.0516. The van der Waals surface area contributed by atoms with Crippen LogP contribution >= 0.6 is 0 Å². The van der Waals surface area contributed by atoms with E-state index in [4.69, 9.17) is 0 Å². The van der Waals surface area contributed by atoms with Crippen LogP contribution < -0.4 is 0 Å². The fourth-order valence-electron chi connectivity index (χ4n) is 3.88. The van der Waals surface area contributed by atoms with Crippen molar-refractivity contribution in [3.05, 3.63) is 102 Å². The van der Waals surface area contributed by atoms with Gasteiger partial charge in [0.25, 0.3) is 0 Å². The molecule has 0 saturated carbocycles. The summed E-state index contributed by atoms with van der Waals surface area (Å²) in [7, 11) is -3.84. The predicted octanol–water partition coefficient (Wildman–Crippen LogP) is 3.92. The number of benzene rings is 3. The zero-order chi connectivity index (χ0) is 20.3. The molecule has 0 unspecified atom stereocenters. The summed E-state index contributed by atoms with van der Waals surface area (Å²) in [5.41, 5.74) is 2.34. The summed E-state index contributed by atoms with van der Waals surface area (Å²) in [6.45, 7) is 1.80. The lowest BCUT2D eigenvalue weighted by atomic mass is 9.96. The summed E-state index contributed by atoms with van der Waals surface area (Å²) in [4.78, 5) is 2.04. The van der Waals surface area contributed by atoms with Gasteiger partial charge in [0.15, 0.2) is 0 Å². The van der Waals surface area contributed by atoms with Crippen LogP contribution in [0.15, 0.2) is 89.8 Å². The Morgan fingerprint density at radius 1 is 0.690 bits per heavy atom. The van der Waals surface area contributed by atoms with Crippen LogP contribution in [0.5, 0.6) is 0 Å². The molecule has 4 nitrogen and oxygen atoms in total. The van der Waals surface area contributed by atoms with Gasteiger partial charge in [0, 0.05) is 26.2 Å². The lowest BCUT2D eigenvalue weighted by Gasteiger charge is -2.39. The Balaban J connectivity index is 1.57. The Hall–Kier alpha value is -2.54. The van der Waals surface area contributed by atoms with Crippen molar-refractivity contribution < 1.29 is 12.8 Å². The molecule has 0 bridgehead atoms. The Morgan fingerprint density at radius 2 is 1.17 bits per heavy atom. The van der Waals surface area contributed by atoms with Crippen molar-refractivity contribution in [2.75, 3.05) is 26.2 Å². The van der Waals surface area contributed by atoms with E-state index in [1.807, 2.05) is 36.4 Å². The molecule has 6 heteroatoms. The van der Waals surface area contributed by atoms with Crippen molar-refractivity contribution in [1.82, 2.24) is 9.21 Å². The number of halogens is 1. The molecule has 0 aliphatic carbocycles. The number of piperazine rings is 1. The van der Waals surface area contributed by atoms with E-state index in [-0.39, 0.29) is 10.9 Å².